The largest absolute Gasteiger partial charge is 0.386 e. The molecule has 1 saturated heterocycles. The van der Waals surface area contributed by atoms with Crippen molar-refractivity contribution in [3.05, 3.63) is 10.1 Å². The van der Waals surface area contributed by atoms with Gasteiger partial charge in [0.25, 0.3) is 6.04 Å². The van der Waals surface area contributed by atoms with Gasteiger partial charge in [0.05, 0.1) is 0 Å². The molecule has 6 nitrogen and oxygen atoms in total. The summed E-state index contributed by atoms with van der Waals surface area (Å²) < 4.78 is 10.9. The monoisotopic (exact) mass is 287 g/mol. The standard InChI is InChI=1S/C14H25NO5/c16-14(11-6-2-1-3-7-11)12(15(17)18)10-20-13-8-4-5-9-19-13/h11-14,16H,1-10H2. The summed E-state index contributed by atoms with van der Waals surface area (Å²) in [6.07, 6.45) is 6.61. The minimum Gasteiger partial charge on any atom is -0.386 e. The van der Waals surface area contributed by atoms with E-state index < -0.39 is 17.1 Å². The fraction of sp³-hybridized carbons (Fsp3) is 1.00. The third-order valence-electron chi connectivity index (χ3n) is 4.39. The van der Waals surface area contributed by atoms with Gasteiger partial charge < -0.3 is 14.6 Å². The number of aliphatic hydroxyl groups is 1. The quantitative estimate of drug-likeness (QED) is 0.597. The van der Waals surface area contributed by atoms with E-state index in [1.54, 1.807) is 0 Å². The summed E-state index contributed by atoms with van der Waals surface area (Å²) >= 11 is 0. The first-order chi connectivity index (χ1) is 9.68. The van der Waals surface area contributed by atoms with Gasteiger partial charge in [0.15, 0.2) is 6.29 Å². The Kier molecular flexibility index (Phi) is 6.19. The van der Waals surface area contributed by atoms with E-state index in [2.05, 4.69) is 0 Å². The topological polar surface area (TPSA) is 81.8 Å². The van der Waals surface area contributed by atoms with Gasteiger partial charge >= 0.3 is 0 Å². The number of hydrogen-bond acceptors (Lipinski definition) is 5. The van der Waals surface area contributed by atoms with Crippen LogP contribution in [0.1, 0.15) is 51.4 Å². The molecular formula is C14H25NO5. The normalized spacial score (nSPS) is 27.9. The highest BCUT2D eigenvalue weighted by Gasteiger charge is 2.37. The lowest BCUT2D eigenvalue weighted by Gasteiger charge is -2.29. The molecule has 6 heteroatoms. The number of nitro groups is 1. The molecule has 0 aromatic carbocycles. The highest BCUT2D eigenvalue weighted by molar-refractivity contribution is 4.79. The first-order valence-corrected chi connectivity index (χ1v) is 7.73. The Morgan fingerprint density at radius 2 is 1.90 bits per heavy atom. The van der Waals surface area contributed by atoms with Crippen LogP contribution in [0.25, 0.3) is 0 Å². The van der Waals surface area contributed by atoms with Crippen LogP contribution < -0.4 is 0 Å². The zero-order valence-electron chi connectivity index (χ0n) is 11.9. The van der Waals surface area contributed by atoms with E-state index in [-0.39, 0.29) is 18.8 Å². The highest BCUT2D eigenvalue weighted by Crippen LogP contribution is 2.28. The summed E-state index contributed by atoms with van der Waals surface area (Å²) in [7, 11) is 0. The molecule has 1 aliphatic heterocycles. The third kappa shape index (κ3) is 4.40. The van der Waals surface area contributed by atoms with Crippen molar-refractivity contribution in [3.63, 3.8) is 0 Å². The van der Waals surface area contributed by atoms with Crippen molar-refractivity contribution in [1.29, 1.82) is 0 Å². The Balaban J connectivity index is 1.83. The lowest BCUT2D eigenvalue weighted by molar-refractivity contribution is -0.542. The van der Waals surface area contributed by atoms with E-state index in [4.69, 9.17) is 9.47 Å². The maximum absolute atomic E-state index is 11.2. The van der Waals surface area contributed by atoms with Gasteiger partial charge in [0.2, 0.25) is 0 Å². The van der Waals surface area contributed by atoms with Crippen molar-refractivity contribution in [2.45, 2.75) is 69.8 Å². The van der Waals surface area contributed by atoms with Crippen molar-refractivity contribution in [1.82, 2.24) is 0 Å². The zero-order valence-corrected chi connectivity index (χ0v) is 11.9. The smallest absolute Gasteiger partial charge is 0.261 e. The van der Waals surface area contributed by atoms with Gasteiger partial charge in [-0.3, -0.25) is 10.1 Å². The van der Waals surface area contributed by atoms with Gasteiger partial charge in [0, 0.05) is 11.5 Å². The van der Waals surface area contributed by atoms with Crippen molar-refractivity contribution >= 4 is 0 Å². The molecule has 2 fully saturated rings. The third-order valence-corrected chi connectivity index (χ3v) is 4.39. The summed E-state index contributed by atoms with van der Waals surface area (Å²) in [5, 5.41) is 21.5. The maximum atomic E-state index is 11.2. The predicted octanol–water partition coefficient (Wildman–Crippen LogP) is 2.12. The summed E-state index contributed by atoms with van der Waals surface area (Å²) in [5.74, 6) is 0.0371. The molecule has 116 valence electrons. The highest BCUT2D eigenvalue weighted by atomic mass is 16.7. The summed E-state index contributed by atoms with van der Waals surface area (Å²) in [6.45, 7) is 0.592. The Morgan fingerprint density at radius 3 is 2.50 bits per heavy atom. The second kappa shape index (κ2) is 7.90. The fourth-order valence-electron chi connectivity index (χ4n) is 3.12. The van der Waals surface area contributed by atoms with Gasteiger partial charge in [-0.05, 0) is 38.0 Å². The van der Waals surface area contributed by atoms with Gasteiger partial charge in [0.1, 0.15) is 12.7 Å². The summed E-state index contributed by atoms with van der Waals surface area (Å²) in [6, 6.07) is -1.04. The first kappa shape index (κ1) is 15.7. The summed E-state index contributed by atoms with van der Waals surface area (Å²) in [4.78, 5) is 10.8. The molecule has 3 atom stereocenters. The molecule has 0 spiro atoms. The van der Waals surface area contributed by atoms with E-state index in [0.717, 1.165) is 44.9 Å². The first-order valence-electron chi connectivity index (χ1n) is 7.73. The molecule has 0 amide bonds. The van der Waals surface area contributed by atoms with Crippen molar-refractivity contribution in [3.8, 4) is 0 Å². The number of rotatable bonds is 6. The van der Waals surface area contributed by atoms with Crippen LogP contribution in [0.4, 0.5) is 0 Å². The number of nitrogens with zero attached hydrogens (tertiary/aromatic N) is 1. The minimum atomic E-state index is -1.04. The van der Waals surface area contributed by atoms with Crippen LogP contribution in [0.3, 0.4) is 0 Å². The van der Waals surface area contributed by atoms with Crippen molar-refractivity contribution in [2.75, 3.05) is 13.2 Å². The number of aliphatic hydroxyl groups excluding tert-OH is 1. The van der Waals surface area contributed by atoms with Gasteiger partial charge in [-0.25, -0.2) is 0 Å². The molecule has 1 N–H and O–H groups in total. The van der Waals surface area contributed by atoms with Gasteiger partial charge in [-0.2, -0.15) is 0 Å². The molecule has 1 heterocycles. The van der Waals surface area contributed by atoms with Crippen LogP contribution in [-0.2, 0) is 9.47 Å². The van der Waals surface area contributed by atoms with Gasteiger partial charge in [-0.1, -0.05) is 19.3 Å². The van der Waals surface area contributed by atoms with Crippen LogP contribution in [0.15, 0.2) is 0 Å². The lowest BCUT2D eigenvalue weighted by Crippen LogP contribution is -2.44. The Morgan fingerprint density at radius 1 is 1.20 bits per heavy atom. The second-order valence-corrected chi connectivity index (χ2v) is 5.87. The van der Waals surface area contributed by atoms with Crippen LogP contribution in [0.2, 0.25) is 0 Å². The molecule has 3 unspecified atom stereocenters. The van der Waals surface area contributed by atoms with Crippen LogP contribution in [0.5, 0.6) is 0 Å². The Hall–Kier alpha value is -0.720. The number of ether oxygens (including phenoxy) is 2. The number of hydrogen-bond donors (Lipinski definition) is 1. The average Bonchev–Trinajstić information content (AvgIpc) is 2.49. The SMILES string of the molecule is O=[N+]([O-])C(COC1CCCCO1)C(O)C1CCCCC1. The minimum absolute atomic E-state index is 0.0371. The molecule has 2 aliphatic rings. The van der Waals surface area contributed by atoms with E-state index in [0.29, 0.717) is 6.61 Å². The molecule has 1 saturated carbocycles. The average molecular weight is 287 g/mol. The van der Waals surface area contributed by atoms with Crippen LogP contribution in [0, 0.1) is 16.0 Å². The van der Waals surface area contributed by atoms with Gasteiger partial charge in [-0.15, -0.1) is 0 Å². The maximum Gasteiger partial charge on any atom is 0.261 e. The molecule has 0 radical (unpaired) electrons. The fourth-order valence-corrected chi connectivity index (χ4v) is 3.12. The Bertz CT molecular complexity index is 300. The van der Waals surface area contributed by atoms with E-state index in [9.17, 15) is 15.2 Å². The molecule has 2 rings (SSSR count). The summed E-state index contributed by atoms with van der Waals surface area (Å²) in [5.41, 5.74) is 0. The predicted molar refractivity (Wildman–Crippen MR) is 72.9 cm³/mol. The molecule has 0 bridgehead atoms. The zero-order chi connectivity index (χ0) is 14.4. The molecular weight excluding hydrogens is 262 g/mol. The van der Waals surface area contributed by atoms with Crippen LogP contribution in [-0.4, -0.2) is 41.7 Å². The molecule has 1 aliphatic carbocycles. The molecule has 0 aromatic heterocycles. The van der Waals surface area contributed by atoms with E-state index in [1.807, 2.05) is 0 Å². The van der Waals surface area contributed by atoms with Crippen molar-refractivity contribution < 1.29 is 19.5 Å². The molecule has 0 aromatic rings. The van der Waals surface area contributed by atoms with Crippen molar-refractivity contribution in [2.24, 2.45) is 5.92 Å². The van der Waals surface area contributed by atoms with Crippen LogP contribution >= 0.6 is 0 Å². The Labute approximate surface area is 119 Å². The van der Waals surface area contributed by atoms with E-state index in [1.165, 1.54) is 6.42 Å². The molecule has 20 heavy (non-hydrogen) atoms. The van der Waals surface area contributed by atoms with E-state index >= 15 is 0 Å². The lowest BCUT2D eigenvalue weighted by atomic mass is 9.83. The second-order valence-electron chi connectivity index (χ2n) is 5.87.